The van der Waals surface area contributed by atoms with E-state index in [0.717, 1.165) is 28.1 Å². The van der Waals surface area contributed by atoms with Crippen molar-refractivity contribution in [3.63, 3.8) is 0 Å². The van der Waals surface area contributed by atoms with Gasteiger partial charge in [0, 0.05) is 22.0 Å². The van der Waals surface area contributed by atoms with Crippen LogP contribution in [0, 0.1) is 0 Å². The molecule has 1 aliphatic rings. The number of halogens is 2. The number of benzene rings is 2. The predicted octanol–water partition coefficient (Wildman–Crippen LogP) is 4.62. The van der Waals surface area contributed by atoms with Gasteiger partial charge in [0.1, 0.15) is 5.75 Å². The second-order valence-corrected chi connectivity index (χ2v) is 6.00. The molecule has 1 aliphatic heterocycles. The number of methoxy groups -OCH3 is 1. The largest absolute Gasteiger partial charge is 0.497 e. The van der Waals surface area contributed by atoms with Crippen LogP contribution in [-0.2, 0) is 11.2 Å². The number of amides is 1. The van der Waals surface area contributed by atoms with Gasteiger partial charge in [-0.05, 0) is 47.9 Å². The number of carbonyl (C=O) groups excluding carboxylic acids is 1. The van der Waals surface area contributed by atoms with Gasteiger partial charge >= 0.3 is 0 Å². The van der Waals surface area contributed by atoms with E-state index in [2.05, 4.69) is 5.32 Å². The number of rotatable bonds is 4. The lowest BCUT2D eigenvalue weighted by Gasteiger charge is -2.06. The first-order chi connectivity index (χ1) is 11.1. The molecule has 1 amide bonds. The summed E-state index contributed by atoms with van der Waals surface area (Å²) in [6.07, 6.45) is 2.52. The third-order valence-electron chi connectivity index (χ3n) is 3.76. The molecule has 118 valence electrons. The van der Waals surface area contributed by atoms with Gasteiger partial charge < -0.3 is 10.1 Å². The van der Waals surface area contributed by atoms with Crippen molar-refractivity contribution in [3.8, 4) is 5.75 Å². The normalized spacial score (nSPS) is 14.7. The van der Waals surface area contributed by atoms with E-state index in [9.17, 15) is 4.79 Å². The number of hydrogen-bond donors (Lipinski definition) is 1. The lowest BCUT2D eigenvalue weighted by Crippen LogP contribution is -2.03. The van der Waals surface area contributed by atoms with E-state index in [1.165, 1.54) is 0 Å². The minimum Gasteiger partial charge on any atom is -0.497 e. The molecule has 1 heterocycles. The summed E-state index contributed by atoms with van der Waals surface area (Å²) in [4.78, 5) is 12.3. The van der Waals surface area contributed by atoms with Crippen LogP contribution in [0.2, 0.25) is 5.02 Å². The molecule has 0 bridgehead atoms. The third kappa shape index (κ3) is 3.21. The minimum absolute atomic E-state index is 0.130. The Balaban J connectivity index is 2.02. The molecule has 0 aliphatic carbocycles. The van der Waals surface area contributed by atoms with Gasteiger partial charge in [-0.3, -0.25) is 4.79 Å². The maximum Gasteiger partial charge on any atom is 0.256 e. The van der Waals surface area contributed by atoms with Crippen LogP contribution in [0.1, 0.15) is 16.7 Å². The van der Waals surface area contributed by atoms with E-state index in [4.69, 9.17) is 27.9 Å². The van der Waals surface area contributed by atoms with Crippen molar-refractivity contribution < 1.29 is 9.53 Å². The van der Waals surface area contributed by atoms with Crippen LogP contribution in [-0.4, -0.2) is 18.9 Å². The van der Waals surface area contributed by atoms with Crippen molar-refractivity contribution in [3.05, 3.63) is 58.1 Å². The summed E-state index contributed by atoms with van der Waals surface area (Å²) in [6, 6.07) is 11.3. The van der Waals surface area contributed by atoms with Crippen molar-refractivity contribution in [1.82, 2.24) is 0 Å². The monoisotopic (exact) mass is 347 g/mol. The summed E-state index contributed by atoms with van der Waals surface area (Å²) < 4.78 is 5.15. The summed E-state index contributed by atoms with van der Waals surface area (Å²) in [7, 11) is 1.62. The fourth-order valence-electron chi connectivity index (χ4n) is 2.56. The molecule has 0 radical (unpaired) electrons. The molecule has 3 rings (SSSR count). The van der Waals surface area contributed by atoms with Crippen molar-refractivity contribution in [2.75, 3.05) is 18.3 Å². The minimum atomic E-state index is -0.130. The summed E-state index contributed by atoms with van der Waals surface area (Å²) in [5.41, 5.74) is 4.08. The maximum atomic E-state index is 12.3. The van der Waals surface area contributed by atoms with Gasteiger partial charge in [0.05, 0.1) is 12.8 Å². The molecule has 3 nitrogen and oxygen atoms in total. The van der Waals surface area contributed by atoms with Crippen molar-refractivity contribution in [1.29, 1.82) is 0 Å². The Labute approximate surface area is 144 Å². The van der Waals surface area contributed by atoms with Crippen LogP contribution >= 0.6 is 23.2 Å². The average Bonchev–Trinajstić information content (AvgIpc) is 2.84. The highest BCUT2D eigenvalue weighted by molar-refractivity contribution is 6.37. The standard InChI is InChI=1S/C18H15Cl2NO2/c1-23-13-4-2-11(3-5-13)8-15-14-9-12(6-7-19)16(20)10-17(14)21-18(15)22/h2-5,8-10H,6-7H2,1H3,(H,21,22)/b15-8+. The van der Waals surface area contributed by atoms with Gasteiger partial charge in [-0.15, -0.1) is 11.6 Å². The van der Waals surface area contributed by atoms with Gasteiger partial charge in [0.25, 0.3) is 5.91 Å². The van der Waals surface area contributed by atoms with E-state index < -0.39 is 0 Å². The number of ether oxygens (including phenoxy) is 1. The van der Waals surface area contributed by atoms with Crippen LogP contribution in [0.4, 0.5) is 5.69 Å². The average molecular weight is 348 g/mol. The molecule has 0 saturated heterocycles. The Kier molecular flexibility index (Phi) is 4.60. The lowest BCUT2D eigenvalue weighted by atomic mass is 10.0. The van der Waals surface area contributed by atoms with Gasteiger partial charge in [-0.2, -0.15) is 0 Å². The highest BCUT2D eigenvalue weighted by Crippen LogP contribution is 2.37. The highest BCUT2D eigenvalue weighted by atomic mass is 35.5. The smallest absolute Gasteiger partial charge is 0.256 e. The SMILES string of the molecule is COc1ccc(/C=C2/C(=O)Nc3cc(Cl)c(CCCl)cc32)cc1. The zero-order chi connectivity index (χ0) is 16.4. The summed E-state index contributed by atoms with van der Waals surface area (Å²) in [5.74, 6) is 1.13. The van der Waals surface area contributed by atoms with Crippen LogP contribution < -0.4 is 10.1 Å². The quantitative estimate of drug-likeness (QED) is 0.647. The second kappa shape index (κ2) is 6.65. The van der Waals surface area contributed by atoms with E-state index in [-0.39, 0.29) is 5.91 Å². The topological polar surface area (TPSA) is 38.3 Å². The molecule has 0 unspecified atom stereocenters. The van der Waals surface area contributed by atoms with E-state index >= 15 is 0 Å². The maximum absolute atomic E-state index is 12.3. The van der Waals surface area contributed by atoms with Gasteiger partial charge in [0.15, 0.2) is 0 Å². The van der Waals surface area contributed by atoms with Crippen LogP contribution in [0.25, 0.3) is 11.6 Å². The first kappa shape index (κ1) is 15.9. The fraction of sp³-hybridized carbons (Fsp3) is 0.167. The molecule has 0 saturated carbocycles. The number of hydrogen-bond acceptors (Lipinski definition) is 2. The van der Waals surface area contributed by atoms with E-state index in [0.29, 0.717) is 22.9 Å². The fourth-order valence-corrected chi connectivity index (χ4v) is 3.02. The summed E-state index contributed by atoms with van der Waals surface area (Å²) >= 11 is 12.0. The number of anilines is 1. The van der Waals surface area contributed by atoms with Gasteiger partial charge in [0.2, 0.25) is 0 Å². The summed E-state index contributed by atoms with van der Waals surface area (Å²) in [6.45, 7) is 0. The zero-order valence-electron chi connectivity index (χ0n) is 12.5. The number of alkyl halides is 1. The van der Waals surface area contributed by atoms with E-state index in [1.54, 1.807) is 13.2 Å². The summed E-state index contributed by atoms with van der Waals surface area (Å²) in [5, 5.41) is 3.47. The van der Waals surface area contributed by atoms with Crippen LogP contribution in [0.3, 0.4) is 0 Å². The number of carbonyl (C=O) groups is 1. The van der Waals surface area contributed by atoms with Crippen molar-refractivity contribution in [2.24, 2.45) is 0 Å². The Morgan fingerprint density at radius 2 is 1.96 bits per heavy atom. The van der Waals surface area contributed by atoms with Gasteiger partial charge in [-0.25, -0.2) is 0 Å². The third-order valence-corrected chi connectivity index (χ3v) is 4.30. The molecule has 1 N–H and O–H groups in total. The Hall–Kier alpha value is -1.97. The zero-order valence-corrected chi connectivity index (χ0v) is 14.0. The molecule has 2 aromatic carbocycles. The molecular formula is C18H15Cl2NO2. The lowest BCUT2D eigenvalue weighted by molar-refractivity contribution is -0.110. The van der Waals surface area contributed by atoms with Crippen LogP contribution in [0.15, 0.2) is 36.4 Å². The predicted molar refractivity (Wildman–Crippen MR) is 95.4 cm³/mol. The Morgan fingerprint density at radius 3 is 2.61 bits per heavy atom. The van der Waals surface area contributed by atoms with Crippen molar-refractivity contribution >= 4 is 46.4 Å². The molecular weight excluding hydrogens is 333 g/mol. The highest BCUT2D eigenvalue weighted by Gasteiger charge is 2.25. The first-order valence-electron chi connectivity index (χ1n) is 7.18. The van der Waals surface area contributed by atoms with Gasteiger partial charge in [-0.1, -0.05) is 23.7 Å². The Bertz CT molecular complexity index is 782. The van der Waals surface area contributed by atoms with E-state index in [1.807, 2.05) is 36.4 Å². The number of aryl methyl sites for hydroxylation is 1. The Morgan fingerprint density at radius 1 is 1.22 bits per heavy atom. The molecule has 2 aromatic rings. The molecule has 0 aromatic heterocycles. The number of fused-ring (bicyclic) bond motifs is 1. The first-order valence-corrected chi connectivity index (χ1v) is 8.09. The number of nitrogens with one attached hydrogen (secondary N) is 1. The van der Waals surface area contributed by atoms with Crippen molar-refractivity contribution in [2.45, 2.75) is 6.42 Å². The second-order valence-electron chi connectivity index (χ2n) is 5.21. The molecule has 23 heavy (non-hydrogen) atoms. The van der Waals surface area contributed by atoms with Crippen LogP contribution in [0.5, 0.6) is 5.75 Å². The molecule has 0 atom stereocenters. The molecule has 5 heteroatoms. The molecule has 0 spiro atoms. The molecule has 0 fully saturated rings.